The Morgan fingerprint density at radius 2 is 1.84 bits per heavy atom. The van der Waals surface area contributed by atoms with Gasteiger partial charge in [0, 0.05) is 54.6 Å². The smallest absolute Gasteiger partial charge is 0.324 e. The molecule has 3 unspecified atom stereocenters. The van der Waals surface area contributed by atoms with Gasteiger partial charge in [-0.2, -0.15) is 0 Å². The number of likely N-dealkylation sites (N-methyl/N-ethyl adjacent to an activating group) is 1. The van der Waals surface area contributed by atoms with Crippen LogP contribution >= 0.6 is 0 Å². The van der Waals surface area contributed by atoms with Crippen LogP contribution in [0.15, 0.2) is 47.6 Å². The first kappa shape index (κ1) is 46.2. The zero-order valence-corrected chi connectivity index (χ0v) is 37.1. The van der Waals surface area contributed by atoms with Crippen LogP contribution in [0.25, 0.3) is 11.5 Å². The van der Waals surface area contributed by atoms with E-state index in [0.717, 1.165) is 0 Å². The Morgan fingerprint density at radius 3 is 2.49 bits per heavy atom. The number of aromatic nitrogens is 2. The molecule has 15 nitrogen and oxygen atoms in total. The summed E-state index contributed by atoms with van der Waals surface area (Å²) < 4.78 is 37.6. The van der Waals surface area contributed by atoms with Crippen LogP contribution in [0.3, 0.4) is 0 Å². The zero-order valence-electron chi connectivity index (χ0n) is 37.1. The molecular weight excluding hydrogens is 785 g/mol. The van der Waals surface area contributed by atoms with Crippen LogP contribution in [0, 0.1) is 40.9 Å². The maximum atomic E-state index is 15.3. The van der Waals surface area contributed by atoms with Gasteiger partial charge >= 0.3 is 11.9 Å². The lowest BCUT2D eigenvalue weighted by Crippen LogP contribution is -2.60. The molecule has 61 heavy (non-hydrogen) atoms. The molecule has 4 aliphatic heterocycles. The van der Waals surface area contributed by atoms with Gasteiger partial charge in [-0.05, 0) is 79.1 Å². The molecule has 0 aliphatic carbocycles. The predicted molar refractivity (Wildman–Crippen MR) is 222 cm³/mol. The maximum Gasteiger partial charge on any atom is 0.324 e. The van der Waals surface area contributed by atoms with Crippen LogP contribution in [0.2, 0.25) is 0 Å². The summed E-state index contributed by atoms with van der Waals surface area (Å²) in [6, 6.07) is 5.94. The summed E-state index contributed by atoms with van der Waals surface area (Å²) in [6.45, 7) is 18.2. The molecule has 2 aromatic heterocycles. The lowest BCUT2D eigenvalue weighted by atomic mass is 9.62. The van der Waals surface area contributed by atoms with Crippen LogP contribution in [-0.2, 0) is 42.9 Å². The first-order chi connectivity index (χ1) is 28.8. The molecule has 0 radical (unpaired) electrons. The third-order valence-corrected chi connectivity index (χ3v) is 13.4. The van der Waals surface area contributed by atoms with E-state index < -0.39 is 88.7 Å². The molecular formula is C46H62N4O11. The highest BCUT2D eigenvalue weighted by molar-refractivity contribution is 6.00. The van der Waals surface area contributed by atoms with Crippen molar-refractivity contribution >= 4 is 23.5 Å². The van der Waals surface area contributed by atoms with Crippen LogP contribution in [0.1, 0.15) is 80.3 Å². The van der Waals surface area contributed by atoms with Crippen LogP contribution in [0.5, 0.6) is 0 Å². The molecule has 14 atom stereocenters. The van der Waals surface area contributed by atoms with Gasteiger partial charge in [0.1, 0.15) is 42.3 Å². The number of ketones is 2. The second kappa shape index (κ2) is 18.2. The number of cyclic esters (lactones) is 1. The highest BCUT2D eigenvalue weighted by atomic mass is 16.7. The molecule has 332 valence electrons. The third kappa shape index (κ3) is 8.85. The zero-order chi connectivity index (χ0) is 44.6. The number of hydrogen-bond donors (Lipinski definition) is 1. The Kier molecular flexibility index (Phi) is 13.8. The van der Waals surface area contributed by atoms with Crippen molar-refractivity contribution < 1.29 is 52.5 Å². The van der Waals surface area contributed by atoms with Gasteiger partial charge in [0.2, 0.25) is 0 Å². The van der Waals surface area contributed by atoms with Crippen molar-refractivity contribution in [2.45, 2.75) is 129 Å². The SMILES string of the molecule is C=CCN1CC2(C)C(=O)[C@H](C)C[C@](C)(OCC#Cc3cc(-c4ccccn4)on3)[C@H](O[C@@H]3O[C@H](C)C[C@H](N(C)C)[C@H]3O)[C@@H](C)C(=O)[C@@H](C)C(=O)O[C@@H](CC)[C@@]3(C)OC(=O)C1C23. The Labute approximate surface area is 358 Å². The van der Waals surface area contributed by atoms with Crippen LogP contribution in [0.4, 0.5) is 0 Å². The fraction of sp³-hybridized carbons (Fsp3) is 0.652. The second-order valence-corrected chi connectivity index (χ2v) is 18.2. The maximum absolute atomic E-state index is 15.3. The van der Waals surface area contributed by atoms with Crippen molar-refractivity contribution in [1.82, 2.24) is 19.9 Å². The van der Waals surface area contributed by atoms with Crippen molar-refractivity contribution in [3.8, 4) is 23.3 Å². The summed E-state index contributed by atoms with van der Waals surface area (Å²) in [5.41, 5.74) is -3.10. The van der Waals surface area contributed by atoms with Gasteiger partial charge in [-0.15, -0.1) is 6.58 Å². The fourth-order valence-corrected chi connectivity index (χ4v) is 10.5. The van der Waals surface area contributed by atoms with E-state index in [0.29, 0.717) is 30.1 Å². The standard InChI is InChI=1S/C46H62N4O11/c1-12-20-50-25-44(7)38-35(50)42(55)60-46(38,9)34(13-2)58-41(54)29(6)36(51)28(5)40(59-43-37(52)32(49(10)11)22-27(4)57-43)45(8,24-26(3)39(44)53)56-21-16-17-30-23-33(61-48-30)31-18-14-15-19-47-31/h12,14-15,18-19,23,26-29,32,34-35,37-38,40,43,52H,1,13,20-22,24-25H2,2-11H3/t26-,27-,28+,29-,32+,34+,35?,37-,38?,40-,43+,44?,45+,46-/m1/s1. The monoisotopic (exact) mass is 846 g/mol. The third-order valence-electron chi connectivity index (χ3n) is 13.4. The van der Waals surface area contributed by atoms with Crippen molar-refractivity contribution in [3.63, 3.8) is 0 Å². The molecule has 6 heterocycles. The number of carbonyl (C=O) groups excluding carboxylic acids is 4. The van der Waals surface area contributed by atoms with Crippen molar-refractivity contribution in [3.05, 3.63) is 48.8 Å². The summed E-state index contributed by atoms with van der Waals surface area (Å²) >= 11 is 0. The normalized spacial score (nSPS) is 38.6. The molecule has 0 saturated carbocycles. The first-order valence-electron chi connectivity index (χ1n) is 21.3. The average Bonchev–Trinajstić information content (AvgIpc) is 3.91. The number of Topliss-reactive ketones (excluding diaryl/α,β-unsaturated/α-hetero) is 2. The molecule has 6 rings (SSSR count). The molecule has 4 saturated heterocycles. The minimum Gasteiger partial charge on any atom is -0.458 e. The number of aliphatic hydroxyl groups is 1. The van der Waals surface area contributed by atoms with Gasteiger partial charge in [-0.1, -0.05) is 50.9 Å². The van der Waals surface area contributed by atoms with E-state index in [1.165, 1.54) is 6.92 Å². The average molecular weight is 847 g/mol. The number of esters is 2. The van der Waals surface area contributed by atoms with Crippen molar-refractivity contribution in [1.29, 1.82) is 0 Å². The summed E-state index contributed by atoms with van der Waals surface area (Å²) in [5.74, 6) is 0.627. The molecule has 4 aliphatic rings. The number of likely N-dealkylation sites (tertiary alicyclic amines) is 1. The lowest BCUT2D eigenvalue weighted by Gasteiger charge is -2.48. The van der Waals surface area contributed by atoms with E-state index >= 15 is 4.79 Å². The van der Waals surface area contributed by atoms with Gasteiger partial charge in [-0.3, -0.25) is 29.1 Å². The van der Waals surface area contributed by atoms with E-state index in [9.17, 15) is 19.5 Å². The Bertz CT molecular complexity index is 2010. The quantitative estimate of drug-likeness (QED) is 0.164. The fourth-order valence-electron chi connectivity index (χ4n) is 10.5. The highest BCUT2D eigenvalue weighted by Gasteiger charge is 2.71. The van der Waals surface area contributed by atoms with Crippen LogP contribution in [-0.4, -0.2) is 136 Å². The Hall–Kier alpha value is -4.30. The molecule has 1 N–H and O–H groups in total. The van der Waals surface area contributed by atoms with E-state index in [1.807, 2.05) is 50.7 Å². The molecule has 15 heteroatoms. The van der Waals surface area contributed by atoms with Gasteiger partial charge < -0.3 is 38.2 Å². The number of rotatable bonds is 9. The Balaban J connectivity index is 1.44. The number of hydrogen-bond acceptors (Lipinski definition) is 15. The number of carbonyl (C=O) groups is 4. The summed E-state index contributed by atoms with van der Waals surface area (Å²) in [4.78, 5) is 66.0. The predicted octanol–water partition coefficient (Wildman–Crippen LogP) is 4.25. The van der Waals surface area contributed by atoms with Crippen molar-refractivity contribution in [2.75, 3.05) is 33.8 Å². The molecule has 0 bridgehead atoms. The number of aliphatic hydroxyl groups excluding tert-OH is 1. The lowest BCUT2D eigenvalue weighted by molar-refractivity contribution is -0.296. The van der Waals surface area contributed by atoms with Gasteiger partial charge in [0.25, 0.3) is 0 Å². The van der Waals surface area contributed by atoms with E-state index in [2.05, 4.69) is 28.6 Å². The largest absolute Gasteiger partial charge is 0.458 e. The number of nitrogens with zero attached hydrogens (tertiary/aromatic N) is 4. The number of pyridine rings is 1. The number of ether oxygens (including phenoxy) is 5. The van der Waals surface area contributed by atoms with E-state index in [-0.39, 0.29) is 43.9 Å². The van der Waals surface area contributed by atoms with Gasteiger partial charge in [0.15, 0.2) is 29.1 Å². The van der Waals surface area contributed by atoms with Crippen LogP contribution < -0.4 is 0 Å². The second-order valence-electron chi connectivity index (χ2n) is 18.2. The minimum absolute atomic E-state index is 0.0229. The highest BCUT2D eigenvalue weighted by Crippen LogP contribution is 2.56. The molecule has 0 aromatic carbocycles. The van der Waals surface area contributed by atoms with Gasteiger partial charge in [0.05, 0.1) is 17.8 Å². The molecule has 2 aromatic rings. The first-order valence-corrected chi connectivity index (χ1v) is 21.3. The molecule has 0 amide bonds. The minimum atomic E-state index is -1.47. The topological polar surface area (TPSA) is 180 Å². The summed E-state index contributed by atoms with van der Waals surface area (Å²) in [5, 5.41) is 15.8. The van der Waals surface area contributed by atoms with Crippen molar-refractivity contribution in [2.24, 2.45) is 29.1 Å². The molecule has 4 fully saturated rings. The summed E-state index contributed by atoms with van der Waals surface area (Å²) in [6.07, 6.45) is -0.648. The van der Waals surface area contributed by atoms with E-state index in [4.69, 9.17) is 28.2 Å². The Morgan fingerprint density at radius 1 is 1.10 bits per heavy atom. The molecule has 0 spiro atoms. The van der Waals surface area contributed by atoms with E-state index in [1.54, 1.807) is 58.2 Å². The van der Waals surface area contributed by atoms with Gasteiger partial charge in [-0.25, -0.2) is 0 Å². The summed E-state index contributed by atoms with van der Waals surface area (Å²) in [7, 11) is 3.72.